The zero-order valence-electron chi connectivity index (χ0n) is 7.86. The predicted molar refractivity (Wildman–Crippen MR) is 58.1 cm³/mol. The monoisotopic (exact) mass is 259 g/mol. The van der Waals surface area contributed by atoms with Crippen LogP contribution in [0.25, 0.3) is 0 Å². The van der Waals surface area contributed by atoms with Gasteiger partial charge in [0.25, 0.3) is 0 Å². The van der Waals surface area contributed by atoms with E-state index >= 15 is 0 Å². The van der Waals surface area contributed by atoms with Gasteiger partial charge in [0.2, 0.25) is 0 Å². The number of rotatable bonds is 5. The first-order valence-electron chi connectivity index (χ1n) is 4.61. The first-order valence-corrected chi connectivity index (χ1v) is 5.40. The highest BCUT2D eigenvalue weighted by Gasteiger charge is 2.10. The summed E-state index contributed by atoms with van der Waals surface area (Å²) in [5.74, 6) is 0.200. The molecule has 0 aromatic carbocycles. The Morgan fingerprint density at radius 3 is 2.29 bits per heavy atom. The largest absolute Gasteiger partial charge is 0.396 e. The quantitative estimate of drug-likeness (QED) is 0.792. The second kappa shape index (κ2) is 6.11. The second-order valence-corrected chi connectivity index (χ2v) is 3.95. The summed E-state index contributed by atoms with van der Waals surface area (Å²) in [6, 6.07) is 3.84. The van der Waals surface area contributed by atoms with Crippen LogP contribution in [0.3, 0.4) is 0 Å². The lowest BCUT2D eigenvalue weighted by atomic mass is 9.95. The third kappa shape index (κ3) is 3.36. The highest BCUT2D eigenvalue weighted by atomic mass is 79.9. The second-order valence-electron chi connectivity index (χ2n) is 3.14. The molecule has 0 aliphatic rings. The van der Waals surface area contributed by atoms with Crippen molar-refractivity contribution in [2.45, 2.75) is 18.8 Å². The van der Waals surface area contributed by atoms with Gasteiger partial charge < -0.3 is 10.2 Å². The lowest BCUT2D eigenvalue weighted by molar-refractivity contribution is 0.242. The number of pyridine rings is 1. The molecule has 14 heavy (non-hydrogen) atoms. The zero-order chi connectivity index (χ0) is 10.4. The van der Waals surface area contributed by atoms with Gasteiger partial charge in [-0.3, -0.25) is 0 Å². The smallest absolute Gasteiger partial charge is 0.106 e. The van der Waals surface area contributed by atoms with E-state index in [4.69, 9.17) is 10.2 Å². The summed E-state index contributed by atoms with van der Waals surface area (Å²) in [5.41, 5.74) is 1.07. The first-order chi connectivity index (χ1) is 6.77. The summed E-state index contributed by atoms with van der Waals surface area (Å²) >= 11 is 3.26. The van der Waals surface area contributed by atoms with Crippen LogP contribution in [0.4, 0.5) is 0 Å². The summed E-state index contributed by atoms with van der Waals surface area (Å²) < 4.78 is 0.799. The Bertz CT molecular complexity index is 257. The Hall–Kier alpha value is -0.450. The summed E-state index contributed by atoms with van der Waals surface area (Å²) in [6.07, 6.45) is 3.12. The van der Waals surface area contributed by atoms with Crippen molar-refractivity contribution in [1.82, 2.24) is 4.98 Å². The van der Waals surface area contributed by atoms with Crippen molar-refractivity contribution in [2.24, 2.45) is 0 Å². The molecule has 0 saturated heterocycles. The summed E-state index contributed by atoms with van der Waals surface area (Å²) in [5, 5.41) is 17.7. The van der Waals surface area contributed by atoms with E-state index in [9.17, 15) is 0 Å². The van der Waals surface area contributed by atoms with Crippen molar-refractivity contribution in [1.29, 1.82) is 0 Å². The lowest BCUT2D eigenvalue weighted by Crippen LogP contribution is -2.04. The van der Waals surface area contributed by atoms with Crippen LogP contribution in [-0.4, -0.2) is 28.4 Å². The van der Waals surface area contributed by atoms with Gasteiger partial charge in [0.15, 0.2) is 0 Å². The number of halogens is 1. The van der Waals surface area contributed by atoms with E-state index in [1.807, 2.05) is 12.1 Å². The van der Waals surface area contributed by atoms with Crippen LogP contribution in [0, 0.1) is 0 Å². The van der Waals surface area contributed by atoms with Gasteiger partial charge in [0.05, 0.1) is 0 Å². The maximum Gasteiger partial charge on any atom is 0.106 e. The molecule has 4 heteroatoms. The average Bonchev–Trinajstić information content (AvgIpc) is 2.19. The maximum atomic E-state index is 8.87. The van der Waals surface area contributed by atoms with E-state index in [0.717, 1.165) is 10.2 Å². The van der Waals surface area contributed by atoms with Crippen molar-refractivity contribution < 1.29 is 10.2 Å². The van der Waals surface area contributed by atoms with E-state index in [2.05, 4.69) is 20.9 Å². The van der Waals surface area contributed by atoms with Gasteiger partial charge in [-0.15, -0.1) is 0 Å². The van der Waals surface area contributed by atoms with Crippen LogP contribution in [0.2, 0.25) is 0 Å². The van der Waals surface area contributed by atoms with Crippen LogP contribution >= 0.6 is 15.9 Å². The Balaban J connectivity index is 2.71. The fourth-order valence-electron chi connectivity index (χ4n) is 1.42. The van der Waals surface area contributed by atoms with E-state index in [-0.39, 0.29) is 19.1 Å². The molecular weight excluding hydrogens is 246 g/mol. The average molecular weight is 260 g/mol. The van der Waals surface area contributed by atoms with Gasteiger partial charge in [0, 0.05) is 19.4 Å². The standard InChI is InChI=1S/C10H14BrNO2/c11-10-2-1-9(7-12-10)8(3-5-13)4-6-14/h1-2,7-8,13-14H,3-6H2. The van der Waals surface area contributed by atoms with Gasteiger partial charge in [-0.05, 0) is 46.3 Å². The Labute approximate surface area is 91.9 Å². The SMILES string of the molecule is OCCC(CCO)c1ccc(Br)nc1. The van der Waals surface area contributed by atoms with Gasteiger partial charge in [-0.1, -0.05) is 6.07 Å². The third-order valence-electron chi connectivity index (χ3n) is 2.18. The van der Waals surface area contributed by atoms with Gasteiger partial charge >= 0.3 is 0 Å². The molecule has 1 rings (SSSR count). The van der Waals surface area contributed by atoms with E-state index in [1.54, 1.807) is 6.20 Å². The van der Waals surface area contributed by atoms with Gasteiger partial charge in [-0.2, -0.15) is 0 Å². The third-order valence-corrected chi connectivity index (χ3v) is 2.65. The molecule has 0 bridgehead atoms. The maximum absolute atomic E-state index is 8.87. The number of hydrogen-bond donors (Lipinski definition) is 2. The molecule has 0 saturated carbocycles. The Morgan fingerprint density at radius 2 is 1.86 bits per heavy atom. The fraction of sp³-hybridized carbons (Fsp3) is 0.500. The number of hydrogen-bond acceptors (Lipinski definition) is 3. The molecule has 0 fully saturated rings. The topological polar surface area (TPSA) is 53.4 Å². The van der Waals surface area contributed by atoms with E-state index < -0.39 is 0 Å². The van der Waals surface area contributed by atoms with Crippen molar-refractivity contribution in [3.63, 3.8) is 0 Å². The molecule has 0 spiro atoms. The van der Waals surface area contributed by atoms with Gasteiger partial charge in [0.1, 0.15) is 4.60 Å². The fourth-order valence-corrected chi connectivity index (χ4v) is 1.65. The lowest BCUT2D eigenvalue weighted by Gasteiger charge is -2.14. The molecule has 0 atom stereocenters. The molecule has 0 amide bonds. The van der Waals surface area contributed by atoms with E-state index in [1.165, 1.54) is 0 Å². The molecule has 0 unspecified atom stereocenters. The molecule has 0 aliphatic heterocycles. The van der Waals surface area contributed by atoms with E-state index in [0.29, 0.717) is 12.8 Å². The summed E-state index contributed by atoms with van der Waals surface area (Å²) in [7, 11) is 0. The van der Waals surface area contributed by atoms with Crippen molar-refractivity contribution >= 4 is 15.9 Å². The molecule has 1 aromatic heterocycles. The predicted octanol–water partition coefficient (Wildman–Crippen LogP) is 1.69. The molecule has 1 heterocycles. The van der Waals surface area contributed by atoms with Crippen LogP contribution in [0.15, 0.2) is 22.9 Å². The number of nitrogens with zero attached hydrogens (tertiary/aromatic N) is 1. The van der Waals surface area contributed by atoms with Crippen LogP contribution < -0.4 is 0 Å². The summed E-state index contributed by atoms with van der Waals surface area (Å²) in [4.78, 5) is 4.12. The number of aromatic nitrogens is 1. The minimum Gasteiger partial charge on any atom is -0.396 e. The molecular formula is C10H14BrNO2. The highest BCUT2D eigenvalue weighted by molar-refractivity contribution is 9.10. The number of aliphatic hydroxyl groups is 2. The Kier molecular flexibility index (Phi) is 5.07. The molecule has 1 aromatic rings. The van der Waals surface area contributed by atoms with Crippen LogP contribution in [-0.2, 0) is 0 Å². The first kappa shape index (κ1) is 11.6. The minimum atomic E-state index is 0.140. The van der Waals surface area contributed by atoms with Crippen molar-refractivity contribution in [2.75, 3.05) is 13.2 Å². The molecule has 78 valence electrons. The number of aliphatic hydroxyl groups excluding tert-OH is 2. The van der Waals surface area contributed by atoms with Crippen LogP contribution in [0.1, 0.15) is 24.3 Å². The molecule has 0 radical (unpaired) electrons. The minimum absolute atomic E-state index is 0.140. The normalized spacial score (nSPS) is 10.9. The molecule has 0 aliphatic carbocycles. The summed E-state index contributed by atoms with van der Waals surface area (Å²) in [6.45, 7) is 0.279. The van der Waals surface area contributed by atoms with Crippen molar-refractivity contribution in [3.05, 3.63) is 28.5 Å². The van der Waals surface area contributed by atoms with Gasteiger partial charge in [-0.25, -0.2) is 4.98 Å². The molecule has 2 N–H and O–H groups in total. The van der Waals surface area contributed by atoms with Crippen molar-refractivity contribution in [3.8, 4) is 0 Å². The Morgan fingerprint density at radius 1 is 1.21 bits per heavy atom. The van der Waals surface area contributed by atoms with Crippen LogP contribution in [0.5, 0.6) is 0 Å². The zero-order valence-corrected chi connectivity index (χ0v) is 9.44. The molecule has 3 nitrogen and oxygen atoms in total. The highest BCUT2D eigenvalue weighted by Crippen LogP contribution is 2.22.